The van der Waals surface area contributed by atoms with Crippen molar-refractivity contribution in [2.24, 2.45) is 13.0 Å². The van der Waals surface area contributed by atoms with E-state index in [9.17, 15) is 19.2 Å². The van der Waals surface area contributed by atoms with Crippen LogP contribution in [0.1, 0.15) is 55.1 Å². The highest BCUT2D eigenvalue weighted by Crippen LogP contribution is 2.27. The monoisotopic (exact) mass is 445 g/mol. The average Bonchev–Trinajstić information content (AvgIpc) is 2.72. The Balaban J connectivity index is 2.13. The molecule has 32 heavy (non-hydrogen) atoms. The molecule has 0 saturated heterocycles. The number of hydrogen-bond donors (Lipinski definition) is 1. The van der Waals surface area contributed by atoms with Gasteiger partial charge in [0.1, 0.15) is 17.1 Å². The molecule has 1 aromatic carbocycles. The van der Waals surface area contributed by atoms with Crippen LogP contribution in [0.2, 0.25) is 0 Å². The third kappa shape index (κ3) is 5.66. The first-order valence-corrected chi connectivity index (χ1v) is 10.5. The number of aromatic nitrogens is 2. The zero-order valence-electron chi connectivity index (χ0n) is 19.4. The smallest absolute Gasteiger partial charge is 0.344 e. The van der Waals surface area contributed by atoms with Gasteiger partial charge in [0.15, 0.2) is 13.2 Å². The number of ketones is 1. The number of esters is 1. The minimum Gasteiger partial charge on any atom is -0.482 e. The first kappa shape index (κ1) is 24.9. The van der Waals surface area contributed by atoms with Gasteiger partial charge in [0.05, 0.1) is 0 Å². The highest BCUT2D eigenvalue weighted by molar-refractivity contribution is 6.01. The molecule has 0 bridgehead atoms. The van der Waals surface area contributed by atoms with E-state index >= 15 is 0 Å². The van der Waals surface area contributed by atoms with Crippen LogP contribution in [0.3, 0.4) is 0 Å². The van der Waals surface area contributed by atoms with Crippen LogP contribution in [0, 0.1) is 12.8 Å². The van der Waals surface area contributed by atoms with E-state index in [4.69, 9.17) is 15.2 Å². The standard InChI is InChI=1S/C23H31N3O6/c1-13(2)10-26-21(24)20(22(29)25(6)23(26)30)17(27)11-32-19(28)12-31-18-9-15(5)7-8-16(18)14(3)4/h7-9,13-14H,10-12,24H2,1-6H3. The summed E-state index contributed by atoms with van der Waals surface area (Å²) >= 11 is 0. The largest absolute Gasteiger partial charge is 0.482 e. The second kappa shape index (κ2) is 10.3. The van der Waals surface area contributed by atoms with Crippen LogP contribution in [-0.2, 0) is 23.1 Å². The van der Waals surface area contributed by atoms with Gasteiger partial charge in [0, 0.05) is 13.6 Å². The molecule has 2 rings (SSSR count). The van der Waals surface area contributed by atoms with Crippen molar-refractivity contribution in [3.05, 3.63) is 55.7 Å². The molecule has 0 radical (unpaired) electrons. The van der Waals surface area contributed by atoms with Crippen molar-refractivity contribution < 1.29 is 19.1 Å². The molecule has 0 aliphatic heterocycles. The molecule has 1 heterocycles. The maximum atomic E-state index is 12.6. The Hall–Kier alpha value is -3.36. The number of Topliss-reactive ketones (excluding diaryl/α,β-unsaturated/α-hetero) is 1. The molecule has 0 atom stereocenters. The topological polar surface area (TPSA) is 123 Å². The second-order valence-electron chi connectivity index (χ2n) is 8.48. The SMILES string of the molecule is Cc1ccc(C(C)C)c(OCC(=O)OCC(=O)c2c(N)n(CC(C)C)c(=O)n(C)c2=O)c1. The summed E-state index contributed by atoms with van der Waals surface area (Å²) in [6, 6.07) is 5.73. The van der Waals surface area contributed by atoms with E-state index in [0.717, 1.165) is 15.7 Å². The van der Waals surface area contributed by atoms with Gasteiger partial charge in [-0.1, -0.05) is 39.8 Å². The van der Waals surface area contributed by atoms with E-state index in [0.29, 0.717) is 5.75 Å². The number of hydrogen-bond acceptors (Lipinski definition) is 7. The fourth-order valence-electron chi connectivity index (χ4n) is 3.23. The van der Waals surface area contributed by atoms with Crippen LogP contribution in [0.5, 0.6) is 5.75 Å². The third-order valence-electron chi connectivity index (χ3n) is 4.91. The van der Waals surface area contributed by atoms with E-state index in [-0.39, 0.29) is 29.8 Å². The minimum absolute atomic E-state index is 0.0581. The average molecular weight is 446 g/mol. The lowest BCUT2D eigenvalue weighted by molar-refractivity contribution is -0.144. The van der Waals surface area contributed by atoms with Crippen LogP contribution in [-0.4, -0.2) is 34.1 Å². The van der Waals surface area contributed by atoms with Crippen LogP contribution >= 0.6 is 0 Å². The Morgan fingerprint density at radius 2 is 1.75 bits per heavy atom. The van der Waals surface area contributed by atoms with Gasteiger partial charge < -0.3 is 15.2 Å². The molecule has 2 aromatic rings. The lowest BCUT2D eigenvalue weighted by Crippen LogP contribution is -2.43. The number of carbonyl (C=O) groups excluding carboxylic acids is 2. The maximum absolute atomic E-state index is 12.6. The molecule has 174 valence electrons. The summed E-state index contributed by atoms with van der Waals surface area (Å²) in [5.41, 5.74) is 6.09. The molecular formula is C23H31N3O6. The molecule has 9 heteroatoms. The number of carbonyl (C=O) groups is 2. The van der Waals surface area contributed by atoms with Gasteiger partial charge in [-0.2, -0.15) is 0 Å². The number of nitrogens with zero attached hydrogens (tertiary/aromatic N) is 2. The van der Waals surface area contributed by atoms with Crippen molar-refractivity contribution in [1.82, 2.24) is 9.13 Å². The second-order valence-corrected chi connectivity index (χ2v) is 8.48. The van der Waals surface area contributed by atoms with Crippen molar-refractivity contribution in [3.8, 4) is 5.75 Å². The summed E-state index contributed by atoms with van der Waals surface area (Å²) < 4.78 is 12.6. The van der Waals surface area contributed by atoms with Gasteiger partial charge in [0.25, 0.3) is 5.56 Å². The van der Waals surface area contributed by atoms with Crippen molar-refractivity contribution in [1.29, 1.82) is 0 Å². The summed E-state index contributed by atoms with van der Waals surface area (Å²) in [5.74, 6) is -0.952. The molecule has 0 aliphatic carbocycles. The fraction of sp³-hybridized carbons (Fsp3) is 0.478. The summed E-state index contributed by atoms with van der Waals surface area (Å²) in [6.07, 6.45) is 0. The van der Waals surface area contributed by atoms with E-state index in [1.807, 2.05) is 52.8 Å². The number of benzene rings is 1. The van der Waals surface area contributed by atoms with Crippen LogP contribution in [0.4, 0.5) is 5.82 Å². The maximum Gasteiger partial charge on any atom is 0.344 e. The molecule has 0 amide bonds. The van der Waals surface area contributed by atoms with Crippen LogP contribution in [0.25, 0.3) is 0 Å². The van der Waals surface area contributed by atoms with E-state index < -0.39 is 36.2 Å². The number of nitrogens with two attached hydrogens (primary N) is 1. The van der Waals surface area contributed by atoms with Crippen molar-refractivity contribution in [2.75, 3.05) is 18.9 Å². The first-order valence-electron chi connectivity index (χ1n) is 10.5. The van der Waals surface area contributed by atoms with Crippen molar-refractivity contribution in [3.63, 3.8) is 0 Å². The highest BCUT2D eigenvalue weighted by Gasteiger charge is 2.23. The number of nitrogen functional groups attached to an aromatic ring is 1. The van der Waals surface area contributed by atoms with E-state index in [1.54, 1.807) is 0 Å². The van der Waals surface area contributed by atoms with Crippen LogP contribution < -0.4 is 21.7 Å². The number of ether oxygens (including phenoxy) is 2. The summed E-state index contributed by atoms with van der Waals surface area (Å²) in [6.45, 7) is 8.84. The molecule has 0 aliphatic rings. The molecule has 0 spiro atoms. The highest BCUT2D eigenvalue weighted by atomic mass is 16.6. The molecule has 2 N–H and O–H groups in total. The predicted molar refractivity (Wildman–Crippen MR) is 121 cm³/mol. The Labute approximate surface area is 186 Å². The predicted octanol–water partition coefficient (Wildman–Crippen LogP) is 2.02. The van der Waals surface area contributed by atoms with Crippen molar-refractivity contribution in [2.45, 2.75) is 47.1 Å². The number of anilines is 1. The van der Waals surface area contributed by atoms with E-state index in [1.165, 1.54) is 11.6 Å². The van der Waals surface area contributed by atoms with Gasteiger partial charge >= 0.3 is 11.7 Å². The normalized spacial score (nSPS) is 11.1. The lowest BCUT2D eigenvalue weighted by atomic mass is 10.0. The Morgan fingerprint density at radius 1 is 1.09 bits per heavy atom. The minimum atomic E-state index is -0.828. The number of aryl methyl sites for hydroxylation is 1. The fourth-order valence-corrected chi connectivity index (χ4v) is 3.23. The zero-order valence-corrected chi connectivity index (χ0v) is 19.4. The van der Waals surface area contributed by atoms with Gasteiger partial charge in [-0.3, -0.25) is 18.7 Å². The van der Waals surface area contributed by atoms with Gasteiger partial charge in [-0.25, -0.2) is 9.59 Å². The summed E-state index contributed by atoms with van der Waals surface area (Å²) in [5, 5.41) is 0. The molecule has 1 aromatic heterocycles. The Bertz CT molecular complexity index is 1130. The Kier molecular flexibility index (Phi) is 8.02. The van der Waals surface area contributed by atoms with Crippen LogP contribution in [0.15, 0.2) is 27.8 Å². The molecular weight excluding hydrogens is 414 g/mol. The molecule has 9 nitrogen and oxygen atoms in total. The molecule has 0 unspecified atom stereocenters. The molecule has 0 saturated carbocycles. The van der Waals surface area contributed by atoms with Gasteiger partial charge in [-0.05, 0) is 36.0 Å². The first-order chi connectivity index (χ1) is 14.9. The van der Waals surface area contributed by atoms with Gasteiger partial charge in [0.2, 0.25) is 5.78 Å². The van der Waals surface area contributed by atoms with E-state index in [2.05, 4.69) is 0 Å². The quantitative estimate of drug-likeness (QED) is 0.463. The zero-order chi connectivity index (χ0) is 24.2. The van der Waals surface area contributed by atoms with Gasteiger partial charge in [-0.15, -0.1) is 0 Å². The Morgan fingerprint density at radius 3 is 2.34 bits per heavy atom. The lowest BCUT2D eigenvalue weighted by Gasteiger charge is -2.16. The summed E-state index contributed by atoms with van der Waals surface area (Å²) in [7, 11) is 1.27. The third-order valence-corrected chi connectivity index (χ3v) is 4.91. The molecule has 0 fully saturated rings. The number of rotatable bonds is 9. The summed E-state index contributed by atoms with van der Waals surface area (Å²) in [4.78, 5) is 49.6. The van der Waals surface area contributed by atoms with Crippen molar-refractivity contribution >= 4 is 17.6 Å².